The Hall–Kier alpha value is 0.760. The zero-order valence-corrected chi connectivity index (χ0v) is 8.71. The van der Waals surface area contributed by atoms with Gasteiger partial charge >= 0.3 is 0 Å². The smallest absolute Gasteiger partial charge is 0.203 e. The van der Waals surface area contributed by atoms with Gasteiger partial charge in [0.15, 0.2) is 0 Å². The minimum Gasteiger partial charge on any atom is -0.203 e. The van der Waals surface area contributed by atoms with E-state index in [0.29, 0.717) is 0 Å². The van der Waals surface area contributed by atoms with Gasteiger partial charge in [0.05, 0.1) is 0 Å². The molecule has 0 amide bonds. The van der Waals surface area contributed by atoms with E-state index in [4.69, 9.17) is 46.4 Å². The fourth-order valence-electron chi connectivity index (χ4n) is 0.977. The van der Waals surface area contributed by atoms with Crippen LogP contribution in [0.3, 0.4) is 0 Å². The zero-order valence-electron chi connectivity index (χ0n) is 5.68. The molecule has 70 valence electrons. The third-order valence-electron chi connectivity index (χ3n) is 1.85. The first-order chi connectivity index (χ1) is 5.15. The van der Waals surface area contributed by atoms with Crippen LogP contribution < -0.4 is 0 Å². The largest absolute Gasteiger partial charge is 0.284 e. The molecule has 1 aliphatic carbocycles. The lowest BCUT2D eigenvalue weighted by molar-refractivity contribution is -0.0985. The van der Waals surface area contributed by atoms with Gasteiger partial charge in [0.1, 0.15) is 4.87 Å². The van der Waals surface area contributed by atoms with Crippen molar-refractivity contribution < 1.29 is 8.78 Å². The van der Waals surface area contributed by atoms with Crippen molar-refractivity contribution in [2.24, 2.45) is 0 Å². The molecule has 0 spiro atoms. The molecule has 12 heavy (non-hydrogen) atoms. The van der Waals surface area contributed by atoms with Crippen molar-refractivity contribution in [3.05, 3.63) is 11.6 Å². The second-order valence-corrected chi connectivity index (χ2v) is 5.09. The SMILES string of the molecule is C=C(Cl)C1(Cl)CC(F)(F)C1(Cl)Cl. The minimum absolute atomic E-state index is 0.167. The summed E-state index contributed by atoms with van der Waals surface area (Å²) in [5.74, 6) is -3.21. The van der Waals surface area contributed by atoms with E-state index in [1.54, 1.807) is 0 Å². The van der Waals surface area contributed by atoms with Gasteiger partial charge in [-0.3, -0.25) is 0 Å². The van der Waals surface area contributed by atoms with Crippen LogP contribution in [0.15, 0.2) is 11.6 Å². The molecule has 0 radical (unpaired) electrons. The van der Waals surface area contributed by atoms with Crippen LogP contribution in [0.2, 0.25) is 0 Å². The van der Waals surface area contributed by atoms with Crippen LogP contribution in [0.25, 0.3) is 0 Å². The summed E-state index contributed by atoms with van der Waals surface area (Å²) in [6.45, 7) is 3.24. The Morgan fingerprint density at radius 3 is 1.75 bits per heavy atom. The molecule has 0 aromatic heterocycles. The van der Waals surface area contributed by atoms with Crippen molar-refractivity contribution in [2.45, 2.75) is 21.6 Å². The Bertz CT molecular complexity index is 238. The van der Waals surface area contributed by atoms with Crippen LogP contribution in [0.4, 0.5) is 8.78 Å². The molecular weight excluding hydrogens is 252 g/mol. The van der Waals surface area contributed by atoms with Crippen molar-refractivity contribution in [2.75, 3.05) is 0 Å². The molecule has 1 unspecified atom stereocenters. The number of halogens is 6. The molecule has 0 bridgehead atoms. The van der Waals surface area contributed by atoms with E-state index < -0.39 is 21.6 Å². The Labute approximate surface area is 88.4 Å². The van der Waals surface area contributed by atoms with Crippen LogP contribution in [-0.2, 0) is 0 Å². The van der Waals surface area contributed by atoms with Gasteiger partial charge in [0, 0.05) is 11.5 Å². The molecule has 1 fully saturated rings. The molecule has 1 atom stereocenters. The zero-order chi connectivity index (χ0) is 9.78. The molecule has 0 nitrogen and oxygen atoms in total. The second kappa shape index (κ2) is 2.63. The van der Waals surface area contributed by atoms with Gasteiger partial charge in [-0.05, 0) is 0 Å². The van der Waals surface area contributed by atoms with Crippen molar-refractivity contribution in [1.29, 1.82) is 0 Å². The van der Waals surface area contributed by atoms with Crippen LogP contribution in [0.5, 0.6) is 0 Å². The summed E-state index contributed by atoms with van der Waals surface area (Å²) in [4.78, 5) is -1.62. The van der Waals surface area contributed by atoms with Crippen LogP contribution >= 0.6 is 46.4 Å². The van der Waals surface area contributed by atoms with E-state index in [1.807, 2.05) is 0 Å². The highest BCUT2D eigenvalue weighted by Gasteiger charge is 2.76. The first kappa shape index (κ1) is 10.8. The lowest BCUT2D eigenvalue weighted by Crippen LogP contribution is -2.67. The first-order valence-corrected chi connectivity index (χ1v) is 4.46. The average molecular weight is 256 g/mol. The summed E-state index contributed by atoms with van der Waals surface area (Å²) in [7, 11) is 0. The molecule has 1 aliphatic rings. The minimum atomic E-state index is -3.21. The highest BCUT2D eigenvalue weighted by molar-refractivity contribution is 6.58. The maximum atomic E-state index is 12.7. The lowest BCUT2D eigenvalue weighted by atomic mass is 9.79. The van der Waals surface area contributed by atoms with E-state index >= 15 is 0 Å². The summed E-state index contributed by atoms with van der Waals surface area (Å²) in [5, 5.41) is -0.167. The maximum absolute atomic E-state index is 12.7. The summed E-state index contributed by atoms with van der Waals surface area (Å²) in [5.41, 5.74) is 0. The van der Waals surface area contributed by atoms with E-state index in [9.17, 15) is 8.78 Å². The van der Waals surface area contributed by atoms with E-state index in [1.165, 1.54) is 0 Å². The van der Waals surface area contributed by atoms with Gasteiger partial charge < -0.3 is 0 Å². The van der Waals surface area contributed by atoms with Crippen molar-refractivity contribution >= 4 is 46.4 Å². The summed E-state index contributed by atoms with van der Waals surface area (Å²) >= 11 is 21.7. The number of hydrogen-bond donors (Lipinski definition) is 0. The number of allylic oxidation sites excluding steroid dienone is 1. The highest BCUT2D eigenvalue weighted by Crippen LogP contribution is 2.66. The topological polar surface area (TPSA) is 0 Å². The predicted octanol–water partition coefficient (Wildman–Crippen LogP) is 3.93. The Kier molecular flexibility index (Phi) is 2.37. The number of alkyl halides is 5. The monoisotopic (exact) mass is 254 g/mol. The first-order valence-electron chi connectivity index (χ1n) is 2.94. The molecule has 1 rings (SSSR count). The fraction of sp³-hybridized carbons (Fsp3) is 0.667. The second-order valence-electron chi connectivity index (χ2n) is 2.66. The third-order valence-corrected chi connectivity index (χ3v) is 4.31. The molecule has 0 heterocycles. The third kappa shape index (κ3) is 1.08. The molecule has 0 aliphatic heterocycles. The molecule has 6 heteroatoms. The van der Waals surface area contributed by atoms with Gasteiger partial charge in [-0.25, -0.2) is 8.78 Å². The van der Waals surface area contributed by atoms with Gasteiger partial charge in [0.2, 0.25) is 4.33 Å². The normalized spacial score (nSPS) is 37.2. The molecular formula is C6H4Cl4F2. The van der Waals surface area contributed by atoms with Gasteiger partial charge in [0.25, 0.3) is 5.92 Å². The Balaban J connectivity index is 2.99. The number of rotatable bonds is 1. The summed E-state index contributed by atoms with van der Waals surface area (Å²) in [6, 6.07) is 0. The fourth-order valence-corrected chi connectivity index (χ4v) is 2.08. The molecule has 0 saturated heterocycles. The molecule has 0 N–H and O–H groups in total. The molecule has 1 saturated carbocycles. The number of hydrogen-bond acceptors (Lipinski definition) is 0. The van der Waals surface area contributed by atoms with Gasteiger partial charge in [-0.15, -0.1) is 11.6 Å². The lowest BCUT2D eigenvalue weighted by Gasteiger charge is -2.52. The predicted molar refractivity (Wildman–Crippen MR) is 47.6 cm³/mol. The molecule has 0 aromatic rings. The Morgan fingerprint density at radius 2 is 1.67 bits per heavy atom. The van der Waals surface area contributed by atoms with E-state index in [2.05, 4.69) is 6.58 Å². The average Bonchev–Trinajstić information content (AvgIpc) is 1.85. The maximum Gasteiger partial charge on any atom is 0.284 e. The van der Waals surface area contributed by atoms with E-state index in [-0.39, 0.29) is 5.03 Å². The van der Waals surface area contributed by atoms with Crippen LogP contribution in [-0.4, -0.2) is 15.1 Å². The highest BCUT2D eigenvalue weighted by atomic mass is 35.5. The van der Waals surface area contributed by atoms with Gasteiger partial charge in [-0.2, -0.15) is 0 Å². The quantitative estimate of drug-likeness (QED) is 0.623. The van der Waals surface area contributed by atoms with Crippen LogP contribution in [0, 0.1) is 0 Å². The van der Waals surface area contributed by atoms with E-state index in [0.717, 1.165) is 0 Å². The van der Waals surface area contributed by atoms with Crippen molar-refractivity contribution in [3.63, 3.8) is 0 Å². The van der Waals surface area contributed by atoms with Crippen molar-refractivity contribution in [1.82, 2.24) is 0 Å². The van der Waals surface area contributed by atoms with Gasteiger partial charge in [-0.1, -0.05) is 41.4 Å². The standard InChI is InChI=1S/C6H4Cl4F2/c1-3(7)4(8)2-5(11,12)6(4,9)10/h1-2H2. The summed E-state index contributed by atoms with van der Waals surface area (Å²) in [6.07, 6.45) is -0.684. The van der Waals surface area contributed by atoms with Crippen LogP contribution in [0.1, 0.15) is 6.42 Å². The molecule has 0 aromatic carbocycles. The summed E-state index contributed by atoms with van der Waals surface area (Å²) < 4.78 is 23.1. The van der Waals surface area contributed by atoms with Crippen molar-refractivity contribution in [3.8, 4) is 0 Å². The Morgan fingerprint density at radius 1 is 1.25 bits per heavy atom.